The van der Waals surface area contributed by atoms with Crippen molar-refractivity contribution >= 4 is 33.7 Å². The number of carboxylic acids is 1. The van der Waals surface area contributed by atoms with Crippen LogP contribution in [0.1, 0.15) is 15.9 Å². The van der Waals surface area contributed by atoms with E-state index in [2.05, 4.69) is 41.0 Å². The summed E-state index contributed by atoms with van der Waals surface area (Å²) in [6.45, 7) is 0.947. The summed E-state index contributed by atoms with van der Waals surface area (Å²) in [6, 6.07) is 30.7. The molecule has 1 heterocycles. The molecular formula is C31H28N2O5. The number of hydrogen-bond donors (Lipinski definition) is 1. The van der Waals surface area contributed by atoms with Gasteiger partial charge in [0.05, 0.1) is 13.7 Å². The van der Waals surface area contributed by atoms with Crippen molar-refractivity contribution in [3.63, 3.8) is 0 Å². The molecule has 0 radical (unpaired) electrons. The number of carbonyl (C=O) groups is 2. The fraction of sp³-hybridized carbons (Fsp3) is 0.161. The van der Waals surface area contributed by atoms with E-state index in [1.807, 2.05) is 36.4 Å². The molecule has 5 aromatic rings. The van der Waals surface area contributed by atoms with E-state index in [4.69, 9.17) is 9.47 Å². The van der Waals surface area contributed by atoms with Crippen LogP contribution in [0.4, 0.5) is 0 Å². The van der Waals surface area contributed by atoms with Crippen molar-refractivity contribution in [2.45, 2.75) is 13.1 Å². The summed E-state index contributed by atoms with van der Waals surface area (Å²) in [6.07, 6.45) is 0. The Morgan fingerprint density at radius 3 is 1.95 bits per heavy atom. The van der Waals surface area contributed by atoms with E-state index in [1.54, 1.807) is 31.4 Å². The van der Waals surface area contributed by atoms with Crippen LogP contribution in [0, 0.1) is 0 Å². The van der Waals surface area contributed by atoms with E-state index < -0.39 is 12.5 Å². The molecular weight excluding hydrogens is 480 g/mol. The largest absolute Gasteiger partial charge is 0.497 e. The van der Waals surface area contributed by atoms with Gasteiger partial charge in [-0.2, -0.15) is 0 Å². The molecule has 1 aromatic heterocycles. The van der Waals surface area contributed by atoms with Crippen LogP contribution in [-0.2, 0) is 17.9 Å². The number of carbonyl (C=O) groups excluding carboxylic acids is 1. The number of aliphatic carboxylic acids is 1. The second-order valence-electron chi connectivity index (χ2n) is 8.96. The van der Waals surface area contributed by atoms with Crippen LogP contribution >= 0.6 is 0 Å². The van der Waals surface area contributed by atoms with Gasteiger partial charge in [-0.3, -0.25) is 9.59 Å². The predicted octanol–water partition coefficient (Wildman–Crippen LogP) is 5.61. The number of para-hydroxylation sites is 2. The number of nitrogens with zero attached hydrogens (tertiary/aromatic N) is 2. The average molecular weight is 509 g/mol. The first-order valence-corrected chi connectivity index (χ1v) is 12.4. The Balaban J connectivity index is 1.24. The van der Waals surface area contributed by atoms with Gasteiger partial charge < -0.3 is 24.0 Å². The molecule has 0 unspecified atom stereocenters. The first-order chi connectivity index (χ1) is 18.5. The molecule has 1 N–H and O–H groups in total. The highest BCUT2D eigenvalue weighted by molar-refractivity contribution is 6.07. The lowest BCUT2D eigenvalue weighted by molar-refractivity contribution is -0.137. The molecule has 0 atom stereocenters. The number of amides is 1. The third-order valence-electron chi connectivity index (χ3n) is 6.51. The van der Waals surface area contributed by atoms with Crippen LogP contribution in [0.25, 0.3) is 21.8 Å². The number of ether oxygens (including phenoxy) is 2. The third kappa shape index (κ3) is 5.32. The highest BCUT2D eigenvalue weighted by atomic mass is 16.5. The van der Waals surface area contributed by atoms with Crippen LogP contribution in [0.15, 0.2) is 97.1 Å². The highest BCUT2D eigenvalue weighted by Crippen LogP contribution is 2.28. The summed E-state index contributed by atoms with van der Waals surface area (Å²) in [5.74, 6) is -0.0979. The SMILES string of the molecule is COc1ccc(C(=O)N(CC(=O)O)Cc2ccc(OCCn3c4ccccc4c4ccccc43)cc2)cc1. The van der Waals surface area contributed by atoms with Crippen LogP contribution < -0.4 is 9.47 Å². The molecule has 0 saturated carbocycles. The maximum atomic E-state index is 13.0. The number of fused-ring (bicyclic) bond motifs is 3. The number of aromatic nitrogens is 1. The van der Waals surface area contributed by atoms with Crippen LogP contribution in [0.2, 0.25) is 0 Å². The monoisotopic (exact) mass is 508 g/mol. The summed E-state index contributed by atoms with van der Waals surface area (Å²) in [5.41, 5.74) is 3.56. The number of benzene rings is 4. The van der Waals surface area contributed by atoms with E-state index in [1.165, 1.54) is 26.7 Å². The summed E-state index contributed by atoms with van der Waals surface area (Å²) >= 11 is 0. The van der Waals surface area contributed by atoms with Gasteiger partial charge in [-0.15, -0.1) is 0 Å². The summed E-state index contributed by atoms with van der Waals surface area (Å²) in [7, 11) is 1.55. The van der Waals surface area contributed by atoms with Gasteiger partial charge in [-0.1, -0.05) is 48.5 Å². The van der Waals surface area contributed by atoms with Crippen molar-refractivity contribution in [3.05, 3.63) is 108 Å². The van der Waals surface area contributed by atoms with E-state index in [0.717, 1.165) is 5.56 Å². The van der Waals surface area contributed by atoms with E-state index >= 15 is 0 Å². The Kier molecular flexibility index (Phi) is 7.26. The molecule has 0 saturated heterocycles. The summed E-state index contributed by atoms with van der Waals surface area (Å²) in [4.78, 5) is 25.7. The Hall–Kier alpha value is -4.78. The molecule has 192 valence electrons. The molecule has 0 fully saturated rings. The van der Waals surface area contributed by atoms with Crippen molar-refractivity contribution in [2.24, 2.45) is 0 Å². The van der Waals surface area contributed by atoms with Crippen LogP contribution in [0.3, 0.4) is 0 Å². The third-order valence-corrected chi connectivity index (χ3v) is 6.51. The first kappa shape index (κ1) is 24.9. The van der Waals surface area contributed by atoms with E-state index in [-0.39, 0.29) is 12.5 Å². The molecule has 0 aliphatic carbocycles. The Morgan fingerprint density at radius 1 is 0.789 bits per heavy atom. The zero-order valence-electron chi connectivity index (χ0n) is 21.0. The molecule has 0 aliphatic heterocycles. The zero-order chi connectivity index (χ0) is 26.5. The number of rotatable bonds is 10. The fourth-order valence-electron chi connectivity index (χ4n) is 4.69. The van der Waals surface area contributed by atoms with Crippen LogP contribution in [-0.4, -0.2) is 46.7 Å². The Labute approximate surface area is 220 Å². The van der Waals surface area contributed by atoms with Gasteiger partial charge in [0.15, 0.2) is 0 Å². The Bertz CT molecular complexity index is 1520. The minimum absolute atomic E-state index is 0.165. The second kappa shape index (κ2) is 11.1. The normalized spacial score (nSPS) is 11.0. The Morgan fingerprint density at radius 2 is 1.37 bits per heavy atom. The van der Waals surface area contributed by atoms with Gasteiger partial charge in [0.25, 0.3) is 5.91 Å². The van der Waals surface area contributed by atoms with Crippen molar-refractivity contribution in [2.75, 3.05) is 20.3 Å². The predicted molar refractivity (Wildman–Crippen MR) is 147 cm³/mol. The number of carboxylic acid groups (broad SMARTS) is 1. The minimum Gasteiger partial charge on any atom is -0.497 e. The molecule has 7 heteroatoms. The average Bonchev–Trinajstić information content (AvgIpc) is 3.27. The van der Waals surface area contributed by atoms with Crippen molar-refractivity contribution in [3.8, 4) is 11.5 Å². The zero-order valence-corrected chi connectivity index (χ0v) is 21.0. The number of hydrogen-bond acceptors (Lipinski definition) is 4. The molecule has 0 spiro atoms. The smallest absolute Gasteiger partial charge is 0.323 e. The molecule has 1 amide bonds. The van der Waals surface area contributed by atoms with Crippen molar-refractivity contribution in [1.29, 1.82) is 0 Å². The lowest BCUT2D eigenvalue weighted by atomic mass is 10.1. The topological polar surface area (TPSA) is 81.0 Å². The molecule has 38 heavy (non-hydrogen) atoms. The second-order valence-corrected chi connectivity index (χ2v) is 8.96. The molecule has 0 aliphatic rings. The van der Waals surface area contributed by atoms with E-state index in [9.17, 15) is 14.7 Å². The standard InChI is InChI=1S/C31H28N2O5/c1-37-24-16-12-23(13-17-24)31(36)32(21-30(34)35)20-22-10-14-25(15-11-22)38-19-18-33-28-8-4-2-6-26(28)27-7-3-5-9-29(27)33/h2-17H,18-21H2,1H3,(H,34,35). The van der Waals surface area contributed by atoms with Gasteiger partial charge >= 0.3 is 5.97 Å². The quantitative estimate of drug-likeness (QED) is 0.265. The lowest BCUT2D eigenvalue weighted by Gasteiger charge is -2.21. The van der Waals surface area contributed by atoms with Gasteiger partial charge in [-0.25, -0.2) is 0 Å². The van der Waals surface area contributed by atoms with Gasteiger partial charge in [-0.05, 0) is 54.1 Å². The van der Waals surface area contributed by atoms with E-state index in [0.29, 0.717) is 30.2 Å². The molecule has 7 nitrogen and oxygen atoms in total. The number of methoxy groups -OCH3 is 1. The van der Waals surface area contributed by atoms with Gasteiger partial charge in [0.2, 0.25) is 0 Å². The minimum atomic E-state index is -1.07. The molecule has 4 aromatic carbocycles. The van der Waals surface area contributed by atoms with Gasteiger partial charge in [0.1, 0.15) is 24.7 Å². The molecule has 5 rings (SSSR count). The maximum Gasteiger partial charge on any atom is 0.323 e. The lowest BCUT2D eigenvalue weighted by Crippen LogP contribution is -2.35. The highest BCUT2D eigenvalue weighted by Gasteiger charge is 2.19. The van der Waals surface area contributed by atoms with Crippen LogP contribution in [0.5, 0.6) is 11.5 Å². The van der Waals surface area contributed by atoms with Gasteiger partial charge in [0, 0.05) is 33.9 Å². The first-order valence-electron chi connectivity index (χ1n) is 12.4. The van der Waals surface area contributed by atoms with Crippen molar-refractivity contribution in [1.82, 2.24) is 9.47 Å². The summed E-state index contributed by atoms with van der Waals surface area (Å²) < 4.78 is 13.4. The summed E-state index contributed by atoms with van der Waals surface area (Å²) in [5, 5.41) is 11.8. The molecule has 0 bridgehead atoms. The maximum absolute atomic E-state index is 13.0. The fourth-order valence-corrected chi connectivity index (χ4v) is 4.69. The van der Waals surface area contributed by atoms with Crippen molar-refractivity contribution < 1.29 is 24.2 Å².